The highest BCUT2D eigenvalue weighted by Gasteiger charge is 2.15. The Labute approximate surface area is 152 Å². The normalized spacial score (nSPS) is 12.2. The largest absolute Gasteiger partial charge is 0.343 e. The van der Waals surface area contributed by atoms with Gasteiger partial charge in [0.1, 0.15) is 10.7 Å². The smallest absolute Gasteiger partial charge is 0.271 e. The number of amides is 1. The molecule has 0 saturated carbocycles. The number of rotatable bonds is 5. The second-order valence-corrected chi connectivity index (χ2v) is 7.12. The minimum atomic E-state index is -0.181. The van der Waals surface area contributed by atoms with Gasteiger partial charge in [-0.05, 0) is 30.5 Å². The molecule has 0 fully saturated rings. The Bertz CT molecular complexity index is 841. The number of benzene rings is 1. The summed E-state index contributed by atoms with van der Waals surface area (Å²) in [4.78, 5) is 21.2. The zero-order valence-electron chi connectivity index (χ0n) is 14.6. The van der Waals surface area contributed by atoms with Crippen LogP contribution >= 0.6 is 11.3 Å². The number of hydrogen-bond donors (Lipinski definition) is 1. The molecule has 1 aromatic carbocycles. The van der Waals surface area contributed by atoms with E-state index < -0.39 is 0 Å². The van der Waals surface area contributed by atoms with Crippen molar-refractivity contribution in [3.8, 4) is 10.6 Å². The third kappa shape index (κ3) is 4.12. The molecular weight excluding hydrogens is 330 g/mol. The fourth-order valence-electron chi connectivity index (χ4n) is 2.50. The van der Waals surface area contributed by atoms with Crippen molar-refractivity contribution in [3.05, 3.63) is 71.0 Å². The number of aromatic nitrogens is 2. The van der Waals surface area contributed by atoms with Crippen LogP contribution < -0.4 is 5.32 Å². The van der Waals surface area contributed by atoms with Crippen molar-refractivity contribution in [2.75, 3.05) is 0 Å². The molecule has 3 rings (SSSR count). The van der Waals surface area contributed by atoms with E-state index in [1.54, 1.807) is 11.6 Å². The number of nitrogens with zero attached hydrogens (tertiary/aromatic N) is 2. The lowest BCUT2D eigenvalue weighted by Gasteiger charge is -2.11. The molecule has 0 spiro atoms. The average Bonchev–Trinajstić information content (AvgIpc) is 3.13. The molecule has 1 N–H and O–H groups in total. The maximum Gasteiger partial charge on any atom is 0.271 e. The number of hydrogen-bond acceptors (Lipinski definition) is 4. The summed E-state index contributed by atoms with van der Waals surface area (Å²) in [5.74, 6) is 0.319. The van der Waals surface area contributed by atoms with Gasteiger partial charge in [-0.3, -0.25) is 9.78 Å². The minimum absolute atomic E-state index is 0.163. The molecule has 0 aliphatic rings. The zero-order chi connectivity index (χ0) is 17.8. The molecule has 0 saturated heterocycles. The van der Waals surface area contributed by atoms with E-state index in [2.05, 4.69) is 53.4 Å². The van der Waals surface area contributed by atoms with Gasteiger partial charge in [0.25, 0.3) is 5.91 Å². The van der Waals surface area contributed by atoms with Crippen LogP contribution in [0.1, 0.15) is 54.5 Å². The molecule has 128 valence electrons. The summed E-state index contributed by atoms with van der Waals surface area (Å²) in [6, 6.07) is 13.9. The topological polar surface area (TPSA) is 54.9 Å². The van der Waals surface area contributed by atoms with Gasteiger partial charge in [0.2, 0.25) is 0 Å². The van der Waals surface area contributed by atoms with Crippen LogP contribution in [0.4, 0.5) is 0 Å². The van der Waals surface area contributed by atoms with Crippen LogP contribution in [0.5, 0.6) is 0 Å². The van der Waals surface area contributed by atoms with Crippen molar-refractivity contribution in [3.63, 3.8) is 0 Å². The Kier molecular flexibility index (Phi) is 5.24. The number of carbonyl (C=O) groups is 1. The molecule has 1 atom stereocenters. The maximum absolute atomic E-state index is 12.4. The Morgan fingerprint density at radius 3 is 2.48 bits per heavy atom. The Balaban J connectivity index is 1.71. The van der Waals surface area contributed by atoms with Crippen molar-refractivity contribution in [2.24, 2.45) is 0 Å². The molecular formula is C20H21N3OS. The summed E-state index contributed by atoms with van der Waals surface area (Å²) in [6.45, 7) is 6.26. The molecule has 0 aliphatic heterocycles. The molecule has 2 aromatic heterocycles. The van der Waals surface area contributed by atoms with E-state index in [0.717, 1.165) is 16.3 Å². The number of pyridine rings is 1. The van der Waals surface area contributed by atoms with Crippen molar-refractivity contribution < 1.29 is 4.79 Å². The van der Waals surface area contributed by atoms with Gasteiger partial charge < -0.3 is 5.32 Å². The van der Waals surface area contributed by atoms with E-state index in [9.17, 15) is 4.79 Å². The van der Waals surface area contributed by atoms with Crippen molar-refractivity contribution >= 4 is 17.2 Å². The van der Waals surface area contributed by atoms with E-state index in [-0.39, 0.29) is 11.9 Å². The highest BCUT2D eigenvalue weighted by atomic mass is 32.1. The fourth-order valence-corrected chi connectivity index (χ4v) is 3.30. The van der Waals surface area contributed by atoms with Crippen molar-refractivity contribution in [2.45, 2.75) is 32.7 Å². The van der Waals surface area contributed by atoms with Gasteiger partial charge in [0.15, 0.2) is 0 Å². The first-order chi connectivity index (χ1) is 12.0. The summed E-state index contributed by atoms with van der Waals surface area (Å²) in [6.07, 6.45) is 1.72. The first-order valence-electron chi connectivity index (χ1n) is 8.32. The van der Waals surface area contributed by atoms with Gasteiger partial charge >= 0.3 is 0 Å². The summed E-state index contributed by atoms with van der Waals surface area (Å²) < 4.78 is 0. The van der Waals surface area contributed by atoms with E-state index in [4.69, 9.17) is 0 Å². The molecule has 1 unspecified atom stereocenters. The van der Waals surface area contributed by atoms with E-state index >= 15 is 0 Å². The van der Waals surface area contributed by atoms with E-state index in [1.807, 2.05) is 25.1 Å². The number of carbonyl (C=O) groups excluding carboxylic acids is 1. The SMILES string of the molecule is CC(C)c1ccc(-c2nc(C(=O)NC(C)c3ccccn3)cs2)cc1. The van der Waals surface area contributed by atoms with Crippen LogP contribution in [0, 0.1) is 0 Å². The predicted octanol–water partition coefficient (Wildman–Crippen LogP) is 4.82. The standard InChI is InChI=1S/C20H21N3OS/c1-13(2)15-7-9-16(10-8-15)20-23-18(12-25-20)19(24)22-14(3)17-6-4-5-11-21-17/h4-14H,1-3H3,(H,22,24). The van der Waals surface area contributed by atoms with Crippen LogP contribution in [0.25, 0.3) is 10.6 Å². The van der Waals surface area contributed by atoms with Gasteiger partial charge in [-0.1, -0.05) is 44.2 Å². The predicted molar refractivity (Wildman–Crippen MR) is 102 cm³/mol. The third-order valence-corrected chi connectivity index (χ3v) is 4.93. The molecule has 25 heavy (non-hydrogen) atoms. The van der Waals surface area contributed by atoms with Gasteiger partial charge in [-0.2, -0.15) is 0 Å². The molecule has 3 aromatic rings. The van der Waals surface area contributed by atoms with E-state index in [1.165, 1.54) is 16.9 Å². The lowest BCUT2D eigenvalue weighted by molar-refractivity contribution is 0.0935. The van der Waals surface area contributed by atoms with Crippen LogP contribution in [0.15, 0.2) is 54.0 Å². The molecule has 1 amide bonds. The summed E-state index contributed by atoms with van der Waals surface area (Å²) in [5.41, 5.74) is 3.60. The highest BCUT2D eigenvalue weighted by Crippen LogP contribution is 2.26. The number of nitrogens with one attached hydrogen (secondary N) is 1. The average molecular weight is 351 g/mol. The summed E-state index contributed by atoms with van der Waals surface area (Å²) in [5, 5.41) is 5.59. The lowest BCUT2D eigenvalue weighted by Crippen LogP contribution is -2.27. The Morgan fingerprint density at radius 2 is 1.84 bits per heavy atom. The molecule has 5 heteroatoms. The third-order valence-electron chi connectivity index (χ3n) is 4.04. The Morgan fingerprint density at radius 1 is 1.08 bits per heavy atom. The quantitative estimate of drug-likeness (QED) is 0.717. The molecule has 0 radical (unpaired) electrons. The molecule has 0 bridgehead atoms. The van der Waals surface area contributed by atoms with Gasteiger partial charge in [-0.15, -0.1) is 11.3 Å². The molecule has 2 heterocycles. The van der Waals surface area contributed by atoms with Crippen molar-refractivity contribution in [1.29, 1.82) is 0 Å². The minimum Gasteiger partial charge on any atom is -0.343 e. The second kappa shape index (κ2) is 7.57. The molecule has 4 nitrogen and oxygen atoms in total. The van der Waals surface area contributed by atoms with Crippen LogP contribution in [-0.4, -0.2) is 15.9 Å². The maximum atomic E-state index is 12.4. The summed E-state index contributed by atoms with van der Waals surface area (Å²) in [7, 11) is 0. The lowest BCUT2D eigenvalue weighted by atomic mass is 10.0. The van der Waals surface area contributed by atoms with Crippen LogP contribution in [0.2, 0.25) is 0 Å². The van der Waals surface area contributed by atoms with Gasteiger partial charge in [0, 0.05) is 17.1 Å². The zero-order valence-corrected chi connectivity index (χ0v) is 15.4. The van der Waals surface area contributed by atoms with Gasteiger partial charge in [0.05, 0.1) is 11.7 Å². The van der Waals surface area contributed by atoms with Crippen molar-refractivity contribution in [1.82, 2.24) is 15.3 Å². The molecule has 0 aliphatic carbocycles. The van der Waals surface area contributed by atoms with Crippen LogP contribution in [0.3, 0.4) is 0 Å². The fraction of sp³-hybridized carbons (Fsp3) is 0.250. The second-order valence-electron chi connectivity index (χ2n) is 6.26. The first kappa shape index (κ1) is 17.3. The van der Waals surface area contributed by atoms with Crippen LogP contribution in [-0.2, 0) is 0 Å². The monoisotopic (exact) mass is 351 g/mol. The van der Waals surface area contributed by atoms with Gasteiger partial charge in [-0.25, -0.2) is 4.98 Å². The number of thiazole rings is 1. The highest BCUT2D eigenvalue weighted by molar-refractivity contribution is 7.13. The van der Waals surface area contributed by atoms with E-state index in [0.29, 0.717) is 11.6 Å². The Hall–Kier alpha value is -2.53. The summed E-state index contributed by atoms with van der Waals surface area (Å²) >= 11 is 1.48. The first-order valence-corrected chi connectivity index (χ1v) is 9.20.